The summed E-state index contributed by atoms with van der Waals surface area (Å²) in [6, 6.07) is 14.0. The molecule has 2 N–H and O–H groups in total. The lowest BCUT2D eigenvalue weighted by atomic mass is 10.2. The minimum atomic E-state index is -4.47. The molecule has 0 spiro atoms. The summed E-state index contributed by atoms with van der Waals surface area (Å²) in [6.45, 7) is 0. The van der Waals surface area contributed by atoms with Gasteiger partial charge in [-0.25, -0.2) is 4.98 Å². The number of carbonyl (C=O) groups is 1. The number of halogens is 4. The lowest BCUT2D eigenvalue weighted by Crippen LogP contribution is -2.34. The molecule has 0 bridgehead atoms. The summed E-state index contributed by atoms with van der Waals surface area (Å²) < 4.78 is 43.7. The van der Waals surface area contributed by atoms with Crippen LogP contribution in [-0.4, -0.2) is 16.0 Å². The number of ether oxygens (including phenoxy) is 1. The highest BCUT2D eigenvalue weighted by molar-refractivity contribution is 7.80. The first-order valence-electron chi connectivity index (χ1n) is 8.40. The zero-order valence-electron chi connectivity index (χ0n) is 15.0. The van der Waals surface area contributed by atoms with Crippen LogP contribution in [0.5, 0.6) is 11.6 Å². The van der Waals surface area contributed by atoms with E-state index in [1.54, 1.807) is 30.3 Å². The number of benzene rings is 2. The van der Waals surface area contributed by atoms with Crippen molar-refractivity contribution in [3.63, 3.8) is 0 Å². The molecule has 0 unspecified atom stereocenters. The SMILES string of the molecule is O=C(NC(=S)Nc1ccc(Oc2cccc(C(F)(F)F)c2)nc1)c1ccccc1Cl. The molecule has 1 amide bonds. The van der Waals surface area contributed by atoms with E-state index in [0.717, 1.165) is 12.1 Å². The van der Waals surface area contributed by atoms with Gasteiger partial charge in [0.05, 0.1) is 28.0 Å². The zero-order valence-corrected chi connectivity index (χ0v) is 16.6. The zero-order chi connectivity index (χ0) is 21.7. The monoisotopic (exact) mass is 451 g/mol. The number of carbonyl (C=O) groups excluding carboxylic acids is 1. The van der Waals surface area contributed by atoms with E-state index in [-0.39, 0.29) is 27.3 Å². The van der Waals surface area contributed by atoms with Gasteiger partial charge in [0.1, 0.15) is 5.75 Å². The first-order valence-corrected chi connectivity index (χ1v) is 9.19. The molecule has 0 aliphatic rings. The molecule has 1 aromatic heterocycles. The lowest BCUT2D eigenvalue weighted by Gasteiger charge is -2.11. The van der Waals surface area contributed by atoms with E-state index in [1.807, 2.05) is 0 Å². The summed E-state index contributed by atoms with van der Waals surface area (Å²) in [5.74, 6) is -0.387. The first kappa shape index (κ1) is 21.5. The van der Waals surface area contributed by atoms with Crippen LogP contribution in [0.4, 0.5) is 18.9 Å². The number of hydrogen-bond acceptors (Lipinski definition) is 4. The molecule has 0 saturated heterocycles. The number of rotatable bonds is 4. The maximum atomic E-state index is 12.8. The Labute approximate surface area is 179 Å². The standard InChI is InChI=1S/C20H13ClF3N3O2S/c21-16-7-2-1-6-15(16)18(28)27-19(30)26-13-8-9-17(25-11-13)29-14-5-3-4-12(10-14)20(22,23)24/h1-11H,(H2,26,27,28,30). The second kappa shape index (κ2) is 9.10. The third-order valence-corrected chi connectivity index (χ3v) is 4.26. The van der Waals surface area contributed by atoms with E-state index in [2.05, 4.69) is 15.6 Å². The van der Waals surface area contributed by atoms with Crippen molar-refractivity contribution in [2.45, 2.75) is 6.18 Å². The maximum Gasteiger partial charge on any atom is 0.416 e. The lowest BCUT2D eigenvalue weighted by molar-refractivity contribution is -0.137. The molecule has 154 valence electrons. The molecule has 30 heavy (non-hydrogen) atoms. The van der Waals surface area contributed by atoms with Gasteiger partial charge < -0.3 is 10.1 Å². The van der Waals surface area contributed by atoms with E-state index >= 15 is 0 Å². The Kier molecular flexibility index (Phi) is 6.53. The maximum absolute atomic E-state index is 12.8. The Balaban J connectivity index is 1.60. The predicted octanol–water partition coefficient (Wildman–Crippen LogP) is 5.67. The van der Waals surface area contributed by atoms with Gasteiger partial charge in [-0.15, -0.1) is 0 Å². The molecule has 2 aromatic carbocycles. The molecule has 5 nitrogen and oxygen atoms in total. The number of thiocarbonyl (C=S) groups is 1. The molecular weight excluding hydrogens is 439 g/mol. The van der Waals surface area contributed by atoms with Crippen LogP contribution in [0.3, 0.4) is 0 Å². The quantitative estimate of drug-likeness (QED) is 0.500. The molecule has 0 aliphatic carbocycles. The van der Waals surface area contributed by atoms with Gasteiger partial charge >= 0.3 is 6.18 Å². The van der Waals surface area contributed by atoms with Crippen LogP contribution in [0, 0.1) is 0 Å². The van der Waals surface area contributed by atoms with Crippen molar-refractivity contribution >= 4 is 40.5 Å². The van der Waals surface area contributed by atoms with Gasteiger partial charge in [0.15, 0.2) is 5.11 Å². The van der Waals surface area contributed by atoms with Crippen LogP contribution in [0.25, 0.3) is 0 Å². The highest BCUT2D eigenvalue weighted by Crippen LogP contribution is 2.32. The van der Waals surface area contributed by atoms with E-state index < -0.39 is 17.6 Å². The summed E-state index contributed by atoms with van der Waals surface area (Å²) in [6.07, 6.45) is -3.11. The van der Waals surface area contributed by atoms with Crippen LogP contribution in [0.1, 0.15) is 15.9 Å². The molecule has 0 saturated carbocycles. The molecule has 3 aromatic rings. The van der Waals surface area contributed by atoms with Crippen LogP contribution in [-0.2, 0) is 6.18 Å². The fourth-order valence-electron chi connectivity index (χ4n) is 2.35. The smallest absolute Gasteiger partial charge is 0.416 e. The van der Waals surface area contributed by atoms with Crippen molar-refractivity contribution < 1.29 is 22.7 Å². The topological polar surface area (TPSA) is 63.2 Å². The molecule has 0 fully saturated rings. The minimum Gasteiger partial charge on any atom is -0.439 e. The molecule has 0 atom stereocenters. The number of aromatic nitrogens is 1. The van der Waals surface area contributed by atoms with Crippen LogP contribution in [0.2, 0.25) is 5.02 Å². The Morgan fingerprint density at radius 1 is 1.07 bits per heavy atom. The molecule has 3 rings (SSSR count). The summed E-state index contributed by atoms with van der Waals surface area (Å²) in [4.78, 5) is 16.2. The number of nitrogens with zero attached hydrogens (tertiary/aromatic N) is 1. The molecule has 0 aliphatic heterocycles. The van der Waals surface area contributed by atoms with Crippen molar-refractivity contribution in [1.82, 2.24) is 10.3 Å². The second-order valence-corrected chi connectivity index (χ2v) is 6.72. The van der Waals surface area contributed by atoms with Crippen molar-refractivity contribution in [3.8, 4) is 11.6 Å². The molecule has 0 radical (unpaired) electrons. The van der Waals surface area contributed by atoms with Crippen LogP contribution < -0.4 is 15.4 Å². The Hall–Kier alpha value is -3.17. The van der Waals surface area contributed by atoms with E-state index in [0.29, 0.717) is 5.69 Å². The summed E-state index contributed by atoms with van der Waals surface area (Å²) in [5.41, 5.74) is -0.111. The third-order valence-electron chi connectivity index (χ3n) is 3.72. The third kappa shape index (κ3) is 5.68. The summed E-state index contributed by atoms with van der Waals surface area (Å²) in [7, 11) is 0. The predicted molar refractivity (Wildman–Crippen MR) is 111 cm³/mol. The normalized spacial score (nSPS) is 10.9. The van der Waals surface area contributed by atoms with Gasteiger partial charge in [-0.05, 0) is 48.6 Å². The van der Waals surface area contributed by atoms with Crippen molar-refractivity contribution in [1.29, 1.82) is 0 Å². The summed E-state index contributed by atoms with van der Waals surface area (Å²) >= 11 is 11.1. The average molecular weight is 452 g/mol. The van der Waals surface area contributed by atoms with Gasteiger partial charge in [0.2, 0.25) is 5.88 Å². The molecule has 10 heteroatoms. The fraction of sp³-hybridized carbons (Fsp3) is 0.0500. The average Bonchev–Trinajstić information content (AvgIpc) is 2.69. The number of anilines is 1. The van der Waals surface area contributed by atoms with Crippen molar-refractivity contribution in [2.24, 2.45) is 0 Å². The van der Waals surface area contributed by atoms with Crippen molar-refractivity contribution in [3.05, 3.63) is 83.0 Å². The van der Waals surface area contributed by atoms with Gasteiger partial charge in [0.25, 0.3) is 5.91 Å². The highest BCUT2D eigenvalue weighted by Gasteiger charge is 2.30. The Morgan fingerprint density at radius 2 is 1.83 bits per heavy atom. The molecular formula is C20H13ClF3N3O2S. The first-order chi connectivity index (χ1) is 14.2. The van der Waals surface area contributed by atoms with Crippen molar-refractivity contribution in [2.75, 3.05) is 5.32 Å². The Bertz CT molecular complexity index is 1080. The number of pyridine rings is 1. The largest absolute Gasteiger partial charge is 0.439 e. The van der Waals surface area contributed by atoms with Gasteiger partial charge in [-0.2, -0.15) is 13.2 Å². The fourth-order valence-corrected chi connectivity index (χ4v) is 2.78. The number of amides is 1. The summed E-state index contributed by atoms with van der Waals surface area (Å²) in [5, 5.41) is 5.57. The van der Waals surface area contributed by atoms with Gasteiger partial charge in [-0.3, -0.25) is 10.1 Å². The van der Waals surface area contributed by atoms with E-state index in [1.165, 1.54) is 24.4 Å². The van der Waals surface area contributed by atoms with Gasteiger partial charge in [-0.1, -0.05) is 29.8 Å². The Morgan fingerprint density at radius 3 is 2.50 bits per heavy atom. The number of alkyl halides is 3. The molecule has 1 heterocycles. The van der Waals surface area contributed by atoms with Crippen LogP contribution >= 0.6 is 23.8 Å². The van der Waals surface area contributed by atoms with E-state index in [9.17, 15) is 18.0 Å². The van der Waals surface area contributed by atoms with E-state index in [4.69, 9.17) is 28.6 Å². The highest BCUT2D eigenvalue weighted by atomic mass is 35.5. The minimum absolute atomic E-state index is 0.000517. The van der Waals surface area contributed by atoms with Gasteiger partial charge in [0, 0.05) is 6.07 Å². The second-order valence-electron chi connectivity index (χ2n) is 5.90. The number of nitrogens with one attached hydrogen (secondary N) is 2. The van der Waals surface area contributed by atoms with Crippen LogP contribution in [0.15, 0.2) is 66.9 Å². The number of hydrogen-bond donors (Lipinski definition) is 2.